The Balaban J connectivity index is 1.44. The van der Waals surface area contributed by atoms with Gasteiger partial charge >= 0.3 is 0 Å². The molecule has 2 N–H and O–H groups in total. The first-order chi connectivity index (χ1) is 16.4. The minimum absolute atomic E-state index is 0.0142. The topological polar surface area (TPSA) is 138 Å². The van der Waals surface area contributed by atoms with E-state index < -0.39 is 15.3 Å². The maximum absolute atomic E-state index is 12.9. The van der Waals surface area contributed by atoms with Crippen LogP contribution < -0.4 is 10.0 Å². The minimum Gasteiger partial charge on any atom is -0.325 e. The summed E-state index contributed by atoms with van der Waals surface area (Å²) in [5.74, 6) is -0.273. The second-order valence-electron chi connectivity index (χ2n) is 7.62. The van der Waals surface area contributed by atoms with E-state index in [0.29, 0.717) is 22.7 Å². The van der Waals surface area contributed by atoms with Gasteiger partial charge in [-0.15, -0.1) is 0 Å². The first-order valence-electron chi connectivity index (χ1n) is 10.7. The van der Waals surface area contributed by atoms with E-state index in [1.165, 1.54) is 48.4 Å². The lowest BCUT2D eigenvalue weighted by molar-refractivity contribution is -0.115. The summed E-state index contributed by atoms with van der Waals surface area (Å²) >= 11 is 1.28. The normalized spacial score (nSPS) is 13.5. The van der Waals surface area contributed by atoms with Crippen molar-refractivity contribution in [1.82, 2.24) is 15.0 Å². The molecule has 11 heteroatoms. The van der Waals surface area contributed by atoms with Crippen LogP contribution in [0.3, 0.4) is 0 Å². The van der Waals surface area contributed by atoms with Crippen LogP contribution in [0.4, 0.5) is 11.6 Å². The molecular formula is C23H22N6O3S2. The summed E-state index contributed by atoms with van der Waals surface area (Å²) in [6.07, 6.45) is 6.25. The van der Waals surface area contributed by atoms with Crippen molar-refractivity contribution in [2.45, 2.75) is 47.8 Å². The lowest BCUT2D eigenvalue weighted by Crippen LogP contribution is -2.25. The molecule has 2 heterocycles. The van der Waals surface area contributed by atoms with Gasteiger partial charge in [0.2, 0.25) is 11.9 Å². The second kappa shape index (κ2) is 10.2. The molecule has 0 aliphatic heterocycles. The number of hydrogen-bond donors (Lipinski definition) is 2. The van der Waals surface area contributed by atoms with Gasteiger partial charge in [0.05, 0.1) is 15.7 Å². The predicted octanol–water partition coefficient (Wildman–Crippen LogP) is 3.54. The number of pyridine rings is 1. The van der Waals surface area contributed by atoms with E-state index in [1.807, 2.05) is 13.0 Å². The van der Waals surface area contributed by atoms with Crippen molar-refractivity contribution in [3.8, 4) is 6.07 Å². The first kappa shape index (κ1) is 23.7. The van der Waals surface area contributed by atoms with Crippen LogP contribution in [-0.4, -0.2) is 34.5 Å². The monoisotopic (exact) mass is 494 g/mol. The third kappa shape index (κ3) is 5.35. The highest BCUT2D eigenvalue weighted by Gasteiger charge is 2.23. The number of rotatable bonds is 8. The van der Waals surface area contributed by atoms with Crippen LogP contribution in [-0.2, 0) is 27.7 Å². The number of carbonyl (C=O) groups is 1. The lowest BCUT2D eigenvalue weighted by atomic mass is 10.2. The van der Waals surface area contributed by atoms with Crippen LogP contribution >= 0.6 is 11.8 Å². The van der Waals surface area contributed by atoms with Gasteiger partial charge in [-0.05, 0) is 67.6 Å². The average molecular weight is 495 g/mol. The van der Waals surface area contributed by atoms with Crippen molar-refractivity contribution >= 4 is 39.3 Å². The van der Waals surface area contributed by atoms with Crippen LogP contribution in [0.25, 0.3) is 0 Å². The highest BCUT2D eigenvalue weighted by Crippen LogP contribution is 2.32. The molecule has 1 unspecified atom stereocenters. The highest BCUT2D eigenvalue weighted by atomic mass is 32.2. The molecule has 4 rings (SSSR count). The van der Waals surface area contributed by atoms with Gasteiger partial charge in [-0.1, -0.05) is 18.7 Å². The Hall–Kier alpha value is -3.49. The van der Waals surface area contributed by atoms with E-state index in [1.54, 1.807) is 6.07 Å². The largest absolute Gasteiger partial charge is 0.325 e. The summed E-state index contributed by atoms with van der Waals surface area (Å²) in [6, 6.07) is 11.5. The fourth-order valence-corrected chi connectivity index (χ4v) is 5.51. The van der Waals surface area contributed by atoms with E-state index in [4.69, 9.17) is 0 Å². The first-order valence-corrected chi connectivity index (χ1v) is 13.1. The molecule has 0 saturated heterocycles. The molecule has 1 amide bonds. The zero-order valence-electron chi connectivity index (χ0n) is 18.4. The number of benzene rings is 1. The summed E-state index contributed by atoms with van der Waals surface area (Å²) in [5, 5.41) is 12.5. The van der Waals surface area contributed by atoms with Crippen molar-refractivity contribution in [1.29, 1.82) is 5.26 Å². The Kier molecular flexibility index (Phi) is 7.09. The molecular weight excluding hydrogens is 472 g/mol. The standard InChI is InChI=1S/C23H22N6O3S2/c1-2-20(33-22-16(14-24)13-15-5-3-6-19(15)28-22)21(30)27-17-7-9-18(10-8-17)34(31,32)29-23-25-11-4-12-26-23/h4,7-13,20H,2-3,5-6H2,1H3,(H,27,30)(H,25,26,29). The summed E-state index contributed by atoms with van der Waals surface area (Å²) in [6.45, 7) is 1.89. The van der Waals surface area contributed by atoms with E-state index in [2.05, 4.69) is 31.1 Å². The number of sulfonamides is 1. The maximum atomic E-state index is 12.9. The fraction of sp³-hybridized carbons (Fsp3) is 0.261. The molecule has 3 aromatic rings. The molecule has 174 valence electrons. The van der Waals surface area contributed by atoms with E-state index in [9.17, 15) is 18.5 Å². The van der Waals surface area contributed by atoms with Gasteiger partial charge in [0.25, 0.3) is 10.0 Å². The Morgan fingerprint density at radius 3 is 2.62 bits per heavy atom. The Morgan fingerprint density at radius 2 is 1.94 bits per heavy atom. The highest BCUT2D eigenvalue weighted by molar-refractivity contribution is 8.00. The quantitative estimate of drug-likeness (QED) is 0.454. The summed E-state index contributed by atoms with van der Waals surface area (Å²) in [7, 11) is -3.86. The van der Waals surface area contributed by atoms with Crippen LogP contribution in [0, 0.1) is 11.3 Å². The summed E-state index contributed by atoms with van der Waals surface area (Å²) in [4.78, 5) is 25.3. The number of amides is 1. The van der Waals surface area contributed by atoms with Crippen LogP contribution in [0.1, 0.15) is 36.6 Å². The van der Waals surface area contributed by atoms with Crippen molar-refractivity contribution in [2.24, 2.45) is 0 Å². The maximum Gasteiger partial charge on any atom is 0.264 e. The molecule has 1 aromatic carbocycles. The molecule has 9 nitrogen and oxygen atoms in total. The molecule has 0 radical (unpaired) electrons. The van der Waals surface area contributed by atoms with E-state index >= 15 is 0 Å². The third-order valence-electron chi connectivity index (χ3n) is 5.28. The number of aryl methyl sites for hydroxylation is 2. The molecule has 1 atom stereocenters. The number of anilines is 2. The number of nitrogens with one attached hydrogen (secondary N) is 2. The molecule has 0 fully saturated rings. The zero-order valence-corrected chi connectivity index (χ0v) is 20.0. The summed E-state index contributed by atoms with van der Waals surface area (Å²) in [5.41, 5.74) is 3.06. The number of fused-ring (bicyclic) bond motifs is 1. The number of nitriles is 1. The third-order valence-corrected chi connectivity index (χ3v) is 7.99. The lowest BCUT2D eigenvalue weighted by Gasteiger charge is -2.16. The Bertz CT molecular complexity index is 1340. The molecule has 2 aromatic heterocycles. The summed E-state index contributed by atoms with van der Waals surface area (Å²) < 4.78 is 27.3. The second-order valence-corrected chi connectivity index (χ2v) is 10.5. The van der Waals surface area contributed by atoms with Crippen LogP contribution in [0.15, 0.2) is 58.7 Å². The number of hydrogen-bond acceptors (Lipinski definition) is 8. The van der Waals surface area contributed by atoms with Crippen molar-refractivity contribution < 1.29 is 13.2 Å². The van der Waals surface area contributed by atoms with E-state index in [0.717, 1.165) is 30.5 Å². The molecule has 1 aliphatic rings. The molecule has 0 bridgehead atoms. The van der Waals surface area contributed by atoms with Gasteiger partial charge in [-0.2, -0.15) is 5.26 Å². The van der Waals surface area contributed by atoms with Gasteiger partial charge in [0.1, 0.15) is 11.1 Å². The van der Waals surface area contributed by atoms with Crippen LogP contribution in [0.5, 0.6) is 0 Å². The number of thioether (sulfide) groups is 1. The number of nitrogens with zero attached hydrogens (tertiary/aromatic N) is 4. The Morgan fingerprint density at radius 1 is 1.21 bits per heavy atom. The van der Waals surface area contributed by atoms with Crippen LogP contribution in [0.2, 0.25) is 0 Å². The van der Waals surface area contributed by atoms with Crippen molar-refractivity contribution in [3.63, 3.8) is 0 Å². The molecule has 1 aliphatic carbocycles. The van der Waals surface area contributed by atoms with Gasteiger partial charge in [-0.3, -0.25) is 4.79 Å². The van der Waals surface area contributed by atoms with Gasteiger partial charge in [0, 0.05) is 23.8 Å². The zero-order chi connectivity index (χ0) is 24.1. The van der Waals surface area contributed by atoms with Crippen molar-refractivity contribution in [2.75, 3.05) is 10.0 Å². The van der Waals surface area contributed by atoms with Crippen molar-refractivity contribution in [3.05, 3.63) is 65.6 Å². The van der Waals surface area contributed by atoms with Gasteiger partial charge in [0.15, 0.2) is 0 Å². The fourth-order valence-electron chi connectivity index (χ4n) is 3.55. The molecule has 0 saturated carbocycles. The SMILES string of the molecule is CCC(Sc1nc2c(cc1C#N)CCC2)C(=O)Nc1ccc(S(=O)(=O)Nc2ncccn2)cc1. The predicted molar refractivity (Wildman–Crippen MR) is 129 cm³/mol. The van der Waals surface area contributed by atoms with E-state index in [-0.39, 0.29) is 16.8 Å². The number of carbonyl (C=O) groups excluding carboxylic acids is 1. The Labute approximate surface area is 202 Å². The van der Waals surface area contributed by atoms with Gasteiger partial charge < -0.3 is 5.32 Å². The average Bonchev–Trinajstić information content (AvgIpc) is 3.30. The smallest absolute Gasteiger partial charge is 0.264 e. The van der Waals surface area contributed by atoms with Gasteiger partial charge in [-0.25, -0.2) is 28.1 Å². The number of aromatic nitrogens is 3. The molecule has 34 heavy (non-hydrogen) atoms. The minimum atomic E-state index is -3.86. The molecule has 0 spiro atoms.